The third kappa shape index (κ3) is 6.01. The Labute approximate surface area is 182 Å². The molecule has 0 unspecified atom stereocenters. The van der Waals surface area contributed by atoms with Crippen LogP contribution in [0.3, 0.4) is 0 Å². The Morgan fingerprint density at radius 3 is 2.52 bits per heavy atom. The first-order valence-electron chi connectivity index (χ1n) is 10.5. The monoisotopic (exact) mass is 430 g/mol. The number of hydrogen-bond acceptors (Lipinski definition) is 5. The zero-order valence-corrected chi connectivity index (χ0v) is 18.3. The van der Waals surface area contributed by atoms with Gasteiger partial charge in [0.15, 0.2) is 17.5 Å². The molecule has 0 radical (unpaired) electrons. The molecule has 1 heterocycles. The Bertz CT molecular complexity index is 898. The summed E-state index contributed by atoms with van der Waals surface area (Å²) in [6.07, 6.45) is 1.05. The molecule has 0 aliphatic carbocycles. The molecule has 3 rings (SSSR count). The third-order valence-corrected chi connectivity index (χ3v) is 5.23. The second-order valence-corrected chi connectivity index (χ2v) is 7.39. The molecule has 3 N–H and O–H groups in total. The molecule has 168 valence electrons. The lowest BCUT2D eigenvalue weighted by molar-refractivity contribution is 0.145. The quantitative estimate of drug-likeness (QED) is 0.462. The highest BCUT2D eigenvalue weighted by Crippen LogP contribution is 2.29. The van der Waals surface area contributed by atoms with Gasteiger partial charge in [-0.25, -0.2) is 9.38 Å². The number of piperidine rings is 1. The molecular weight excluding hydrogens is 399 g/mol. The second kappa shape index (κ2) is 10.9. The molecule has 1 saturated heterocycles. The van der Waals surface area contributed by atoms with Gasteiger partial charge in [0.05, 0.1) is 32.6 Å². The molecule has 1 fully saturated rings. The third-order valence-electron chi connectivity index (χ3n) is 5.23. The fourth-order valence-electron chi connectivity index (χ4n) is 3.54. The number of nitrogens with one attached hydrogen (secondary N) is 2. The average molecular weight is 431 g/mol. The van der Waals surface area contributed by atoms with Crippen LogP contribution >= 0.6 is 0 Å². The number of ether oxygens (including phenoxy) is 2. The Hall–Kier alpha value is -3.00. The van der Waals surface area contributed by atoms with Crippen molar-refractivity contribution in [3.63, 3.8) is 0 Å². The van der Waals surface area contributed by atoms with E-state index in [1.807, 2.05) is 36.1 Å². The number of hydrogen-bond donors (Lipinski definition) is 3. The van der Waals surface area contributed by atoms with Crippen LogP contribution in [0.2, 0.25) is 0 Å². The van der Waals surface area contributed by atoms with E-state index < -0.39 is 0 Å². The van der Waals surface area contributed by atoms with Crippen LogP contribution in [0.5, 0.6) is 11.5 Å². The van der Waals surface area contributed by atoms with E-state index in [9.17, 15) is 9.50 Å². The van der Waals surface area contributed by atoms with Gasteiger partial charge in [0.25, 0.3) is 0 Å². The van der Waals surface area contributed by atoms with Crippen molar-refractivity contribution < 1.29 is 19.0 Å². The maximum absolute atomic E-state index is 14.7. The molecule has 1 aliphatic heterocycles. The van der Waals surface area contributed by atoms with Crippen molar-refractivity contribution >= 4 is 17.3 Å². The number of aliphatic hydroxyl groups is 1. The summed E-state index contributed by atoms with van der Waals surface area (Å²) in [6, 6.07) is 10.7. The number of rotatable bonds is 7. The van der Waals surface area contributed by atoms with E-state index in [-0.39, 0.29) is 11.9 Å². The largest absolute Gasteiger partial charge is 0.493 e. The maximum Gasteiger partial charge on any atom is 0.196 e. The van der Waals surface area contributed by atoms with Crippen LogP contribution in [0.15, 0.2) is 41.4 Å². The van der Waals surface area contributed by atoms with Gasteiger partial charge >= 0.3 is 0 Å². The van der Waals surface area contributed by atoms with Gasteiger partial charge in [-0.1, -0.05) is 6.07 Å². The number of guanidine groups is 1. The summed E-state index contributed by atoms with van der Waals surface area (Å²) >= 11 is 0. The normalized spacial score (nSPS) is 15.0. The minimum atomic E-state index is -0.282. The van der Waals surface area contributed by atoms with Crippen LogP contribution in [0.25, 0.3) is 0 Å². The van der Waals surface area contributed by atoms with Crippen LogP contribution in [0.4, 0.5) is 15.8 Å². The van der Waals surface area contributed by atoms with Crippen LogP contribution in [-0.4, -0.2) is 51.0 Å². The van der Waals surface area contributed by atoms with Gasteiger partial charge in [0.1, 0.15) is 5.82 Å². The molecule has 0 spiro atoms. The number of aliphatic hydroxyl groups excluding tert-OH is 1. The van der Waals surface area contributed by atoms with Crippen LogP contribution < -0.4 is 25.0 Å². The Balaban J connectivity index is 1.69. The van der Waals surface area contributed by atoms with Crippen molar-refractivity contribution in [2.45, 2.75) is 32.4 Å². The summed E-state index contributed by atoms with van der Waals surface area (Å²) < 4.78 is 25.3. The van der Waals surface area contributed by atoms with Gasteiger partial charge < -0.3 is 30.1 Å². The van der Waals surface area contributed by atoms with E-state index in [2.05, 4.69) is 15.6 Å². The predicted molar refractivity (Wildman–Crippen MR) is 122 cm³/mol. The minimum Gasteiger partial charge on any atom is -0.493 e. The van der Waals surface area contributed by atoms with Crippen molar-refractivity contribution in [1.29, 1.82) is 0 Å². The van der Waals surface area contributed by atoms with Crippen LogP contribution in [-0.2, 0) is 6.54 Å². The van der Waals surface area contributed by atoms with Gasteiger partial charge in [0.2, 0.25) is 0 Å². The van der Waals surface area contributed by atoms with Crippen molar-refractivity contribution in [3.8, 4) is 11.5 Å². The van der Waals surface area contributed by atoms with Crippen molar-refractivity contribution in [1.82, 2.24) is 5.32 Å². The zero-order chi connectivity index (χ0) is 22.2. The first kappa shape index (κ1) is 22.7. The molecule has 2 aromatic rings. The number of benzene rings is 2. The smallest absolute Gasteiger partial charge is 0.196 e. The zero-order valence-electron chi connectivity index (χ0n) is 18.3. The molecule has 0 saturated carbocycles. The first-order valence-corrected chi connectivity index (χ1v) is 10.5. The highest BCUT2D eigenvalue weighted by molar-refractivity contribution is 5.93. The Morgan fingerprint density at radius 1 is 1.13 bits per heavy atom. The summed E-state index contributed by atoms with van der Waals surface area (Å²) in [5.41, 5.74) is 2.16. The number of methoxy groups -OCH3 is 2. The van der Waals surface area contributed by atoms with Crippen LogP contribution in [0.1, 0.15) is 25.3 Å². The predicted octanol–water partition coefficient (Wildman–Crippen LogP) is 3.38. The molecule has 31 heavy (non-hydrogen) atoms. The lowest BCUT2D eigenvalue weighted by Crippen LogP contribution is -2.36. The lowest BCUT2D eigenvalue weighted by atomic mass is 10.1. The molecule has 2 aromatic carbocycles. The SMILES string of the molecule is CCNC(=NCc1ccc(N2CCC(O)CC2)c(F)c1)Nc1ccc(OC)c(OC)c1. The topological polar surface area (TPSA) is 78.4 Å². The number of halogens is 1. The van der Waals surface area contributed by atoms with Crippen molar-refractivity contribution in [3.05, 3.63) is 47.8 Å². The Kier molecular flexibility index (Phi) is 7.94. The molecule has 0 amide bonds. The highest BCUT2D eigenvalue weighted by Gasteiger charge is 2.19. The molecule has 1 aliphatic rings. The van der Waals surface area contributed by atoms with Crippen LogP contribution in [0, 0.1) is 5.82 Å². The number of aliphatic imine (C=N–C) groups is 1. The average Bonchev–Trinajstić information content (AvgIpc) is 2.78. The molecular formula is C23H31FN4O3. The summed E-state index contributed by atoms with van der Waals surface area (Å²) in [6.45, 7) is 4.33. The molecule has 7 nitrogen and oxygen atoms in total. The summed E-state index contributed by atoms with van der Waals surface area (Å²) in [4.78, 5) is 6.56. The van der Waals surface area contributed by atoms with E-state index in [0.29, 0.717) is 62.2 Å². The lowest BCUT2D eigenvalue weighted by Gasteiger charge is -2.31. The molecule has 8 heteroatoms. The van der Waals surface area contributed by atoms with E-state index in [1.165, 1.54) is 6.07 Å². The second-order valence-electron chi connectivity index (χ2n) is 7.39. The fraction of sp³-hybridized carbons (Fsp3) is 0.435. The van der Waals surface area contributed by atoms with Gasteiger partial charge in [-0.15, -0.1) is 0 Å². The number of anilines is 2. The highest BCUT2D eigenvalue weighted by atomic mass is 19.1. The van der Waals surface area contributed by atoms with E-state index >= 15 is 0 Å². The summed E-state index contributed by atoms with van der Waals surface area (Å²) in [5.74, 6) is 1.59. The van der Waals surface area contributed by atoms with E-state index in [4.69, 9.17) is 9.47 Å². The molecule has 0 bridgehead atoms. The van der Waals surface area contributed by atoms with E-state index in [0.717, 1.165) is 11.3 Å². The first-order chi connectivity index (χ1) is 15.0. The fourth-order valence-corrected chi connectivity index (χ4v) is 3.54. The maximum atomic E-state index is 14.7. The minimum absolute atomic E-state index is 0.262. The Morgan fingerprint density at radius 2 is 1.87 bits per heavy atom. The summed E-state index contributed by atoms with van der Waals surface area (Å²) in [5, 5.41) is 16.1. The number of nitrogens with zero attached hydrogens (tertiary/aromatic N) is 2. The van der Waals surface area contributed by atoms with E-state index in [1.54, 1.807) is 20.3 Å². The molecule has 0 atom stereocenters. The van der Waals surface area contributed by atoms with Gasteiger partial charge in [-0.2, -0.15) is 0 Å². The summed E-state index contributed by atoms with van der Waals surface area (Å²) in [7, 11) is 3.18. The van der Waals surface area contributed by atoms with Crippen molar-refractivity contribution in [2.24, 2.45) is 4.99 Å². The van der Waals surface area contributed by atoms with Gasteiger partial charge in [-0.3, -0.25) is 0 Å². The van der Waals surface area contributed by atoms with Gasteiger partial charge in [0, 0.05) is 31.4 Å². The van der Waals surface area contributed by atoms with Crippen molar-refractivity contribution in [2.75, 3.05) is 44.1 Å². The standard InChI is InChI=1S/C23H31FN4O3/c1-4-25-23(27-17-6-8-21(30-2)22(14-17)31-3)26-15-16-5-7-20(19(24)13-16)28-11-9-18(29)10-12-28/h5-8,13-14,18,29H,4,9-12,15H2,1-3H3,(H2,25,26,27). The molecule has 0 aromatic heterocycles. The van der Waals surface area contributed by atoms with Gasteiger partial charge in [-0.05, 0) is 49.6 Å².